The Kier molecular flexibility index (Phi) is 5.91. The molecule has 0 spiro atoms. The maximum Gasteiger partial charge on any atom is 0.328 e. The van der Waals surface area contributed by atoms with Crippen molar-refractivity contribution in [3.8, 4) is 0 Å². The number of urea groups is 1. The molecule has 2 aliphatic heterocycles. The summed E-state index contributed by atoms with van der Waals surface area (Å²) in [7, 11) is 0. The van der Waals surface area contributed by atoms with Crippen molar-refractivity contribution in [2.75, 3.05) is 36.0 Å². The van der Waals surface area contributed by atoms with Crippen molar-refractivity contribution in [2.24, 2.45) is 0 Å². The molecule has 13 heteroatoms. The van der Waals surface area contributed by atoms with Crippen molar-refractivity contribution in [1.82, 2.24) is 10.6 Å². The normalized spacial score (nSPS) is 16.1. The third kappa shape index (κ3) is 4.53. The maximum atomic E-state index is 12.1. The number of rotatable bonds is 5. The van der Waals surface area contributed by atoms with Crippen LogP contribution in [0, 0.1) is 20.2 Å². The lowest BCUT2D eigenvalue weighted by Gasteiger charge is -2.38. The molecule has 2 aromatic carbocycles. The lowest BCUT2D eigenvalue weighted by Crippen LogP contribution is -2.51. The van der Waals surface area contributed by atoms with Crippen LogP contribution in [-0.4, -0.2) is 53.9 Å². The molecule has 174 valence electrons. The zero-order valence-electron chi connectivity index (χ0n) is 17.6. The lowest BCUT2D eigenvalue weighted by atomic mass is 10.0. The molecule has 0 radical (unpaired) electrons. The molecule has 0 bridgehead atoms. The fourth-order valence-corrected chi connectivity index (χ4v) is 3.81. The number of benzene rings is 2. The van der Waals surface area contributed by atoms with Gasteiger partial charge in [0.25, 0.3) is 23.2 Å². The highest BCUT2D eigenvalue weighted by molar-refractivity contribution is 6.31. The summed E-state index contributed by atoms with van der Waals surface area (Å²) in [6.07, 6.45) is 1.22. The van der Waals surface area contributed by atoms with Crippen LogP contribution in [0.4, 0.5) is 27.5 Å². The number of hydrogen-bond donors (Lipinski definition) is 2. The van der Waals surface area contributed by atoms with E-state index in [9.17, 15) is 34.6 Å². The standard InChI is InChI=1S/C21H18N6O7/c28-19-17(20(29)23-21(30)22-19)12-13-11-16(27(33)34)5-6-18(13)25-9-7-24(8-10-25)14-1-3-15(4-2-14)26(31)32/h1-6,11-12H,7-10H2,(H2,22,23,28,29,30). The van der Waals surface area contributed by atoms with Gasteiger partial charge in [-0.05, 0) is 24.3 Å². The van der Waals surface area contributed by atoms with Gasteiger partial charge >= 0.3 is 6.03 Å². The first kappa shape index (κ1) is 22.4. The summed E-state index contributed by atoms with van der Waals surface area (Å²) in [5, 5.41) is 26.1. The number of amides is 4. The first-order valence-electron chi connectivity index (χ1n) is 10.1. The summed E-state index contributed by atoms with van der Waals surface area (Å²) in [5.74, 6) is -1.79. The minimum Gasteiger partial charge on any atom is -0.368 e. The van der Waals surface area contributed by atoms with Crippen molar-refractivity contribution in [2.45, 2.75) is 0 Å². The van der Waals surface area contributed by atoms with E-state index in [1.807, 2.05) is 15.5 Å². The Bertz CT molecular complexity index is 1210. The molecular weight excluding hydrogens is 448 g/mol. The number of nitrogens with zero attached hydrogens (tertiary/aromatic N) is 4. The van der Waals surface area contributed by atoms with Gasteiger partial charge in [-0.2, -0.15) is 0 Å². The Morgan fingerprint density at radius 1 is 0.765 bits per heavy atom. The molecule has 2 heterocycles. The molecule has 4 rings (SSSR count). The number of carbonyl (C=O) groups excluding carboxylic acids is 3. The average molecular weight is 466 g/mol. The smallest absolute Gasteiger partial charge is 0.328 e. The summed E-state index contributed by atoms with van der Waals surface area (Å²) >= 11 is 0. The largest absolute Gasteiger partial charge is 0.368 e. The zero-order chi connectivity index (χ0) is 24.4. The second kappa shape index (κ2) is 8.97. The Morgan fingerprint density at radius 2 is 1.29 bits per heavy atom. The Labute approximate surface area is 191 Å². The summed E-state index contributed by atoms with van der Waals surface area (Å²) in [6, 6.07) is 9.45. The molecule has 2 fully saturated rings. The lowest BCUT2D eigenvalue weighted by molar-refractivity contribution is -0.385. The van der Waals surface area contributed by atoms with Gasteiger partial charge in [0.2, 0.25) is 0 Å². The first-order valence-corrected chi connectivity index (χ1v) is 10.1. The van der Waals surface area contributed by atoms with Crippen LogP contribution in [0.1, 0.15) is 5.56 Å². The predicted molar refractivity (Wildman–Crippen MR) is 120 cm³/mol. The van der Waals surface area contributed by atoms with Gasteiger partial charge in [-0.15, -0.1) is 0 Å². The van der Waals surface area contributed by atoms with E-state index in [0.29, 0.717) is 31.9 Å². The molecule has 0 unspecified atom stereocenters. The second-order valence-corrected chi connectivity index (χ2v) is 7.54. The van der Waals surface area contributed by atoms with Gasteiger partial charge < -0.3 is 9.80 Å². The molecule has 2 aliphatic rings. The molecule has 0 atom stereocenters. The summed E-state index contributed by atoms with van der Waals surface area (Å²) in [4.78, 5) is 60.7. The molecule has 2 N–H and O–H groups in total. The number of non-ortho nitro benzene ring substituents is 2. The van der Waals surface area contributed by atoms with Crippen LogP contribution in [0.3, 0.4) is 0 Å². The third-order valence-electron chi connectivity index (χ3n) is 5.51. The molecule has 4 amide bonds. The van der Waals surface area contributed by atoms with Crippen LogP contribution in [0.5, 0.6) is 0 Å². The fraction of sp³-hybridized carbons (Fsp3) is 0.190. The van der Waals surface area contributed by atoms with Crippen LogP contribution in [0.15, 0.2) is 48.0 Å². The number of nitrogens with one attached hydrogen (secondary N) is 2. The van der Waals surface area contributed by atoms with Crippen LogP contribution >= 0.6 is 0 Å². The van der Waals surface area contributed by atoms with Gasteiger partial charge in [-0.25, -0.2) is 4.79 Å². The van der Waals surface area contributed by atoms with Gasteiger partial charge in [0, 0.05) is 67.4 Å². The summed E-state index contributed by atoms with van der Waals surface area (Å²) in [6.45, 7) is 2.17. The SMILES string of the molecule is O=C1NC(=O)C(=Cc2cc([N+](=O)[O-])ccc2N2CCN(c3ccc([N+](=O)[O-])cc3)CC2)C(=O)N1. The molecule has 0 aliphatic carbocycles. The summed E-state index contributed by atoms with van der Waals surface area (Å²) in [5.41, 5.74) is 1.14. The van der Waals surface area contributed by atoms with Crippen LogP contribution < -0.4 is 20.4 Å². The number of nitro benzene ring substituents is 2. The first-order chi connectivity index (χ1) is 16.2. The van der Waals surface area contributed by atoms with Gasteiger partial charge in [0.1, 0.15) is 5.57 Å². The minimum absolute atomic E-state index is 0.00318. The van der Waals surface area contributed by atoms with Gasteiger partial charge in [-0.3, -0.25) is 40.5 Å². The molecule has 2 aromatic rings. The van der Waals surface area contributed by atoms with Crippen LogP contribution in [0.2, 0.25) is 0 Å². The van der Waals surface area contributed by atoms with Crippen molar-refractivity contribution >= 4 is 46.7 Å². The van der Waals surface area contributed by atoms with E-state index in [1.165, 1.54) is 30.3 Å². The Morgan fingerprint density at radius 3 is 1.85 bits per heavy atom. The van der Waals surface area contributed by atoms with E-state index >= 15 is 0 Å². The van der Waals surface area contributed by atoms with E-state index in [-0.39, 0.29) is 22.5 Å². The predicted octanol–water partition coefficient (Wildman–Crippen LogP) is 1.58. The van der Waals surface area contributed by atoms with Crippen molar-refractivity contribution < 1.29 is 24.2 Å². The van der Waals surface area contributed by atoms with Crippen LogP contribution in [0.25, 0.3) is 6.08 Å². The van der Waals surface area contributed by atoms with Gasteiger partial charge in [0.05, 0.1) is 9.85 Å². The van der Waals surface area contributed by atoms with E-state index in [1.54, 1.807) is 18.2 Å². The third-order valence-corrected chi connectivity index (χ3v) is 5.51. The van der Waals surface area contributed by atoms with E-state index < -0.39 is 27.7 Å². The average Bonchev–Trinajstić information content (AvgIpc) is 2.81. The van der Waals surface area contributed by atoms with Gasteiger partial charge in [0.15, 0.2) is 0 Å². The van der Waals surface area contributed by atoms with E-state index in [2.05, 4.69) is 4.90 Å². The fourth-order valence-electron chi connectivity index (χ4n) is 3.81. The Hall–Kier alpha value is -4.81. The topological polar surface area (TPSA) is 168 Å². The molecule has 34 heavy (non-hydrogen) atoms. The highest BCUT2D eigenvalue weighted by Crippen LogP contribution is 2.30. The van der Waals surface area contributed by atoms with Crippen molar-refractivity contribution in [3.63, 3.8) is 0 Å². The quantitative estimate of drug-likeness (QED) is 0.288. The van der Waals surface area contributed by atoms with Gasteiger partial charge in [-0.1, -0.05) is 0 Å². The Balaban J connectivity index is 1.58. The van der Waals surface area contributed by atoms with Crippen molar-refractivity contribution in [1.29, 1.82) is 0 Å². The molecule has 13 nitrogen and oxygen atoms in total. The second-order valence-electron chi connectivity index (χ2n) is 7.54. The highest BCUT2D eigenvalue weighted by Gasteiger charge is 2.29. The van der Waals surface area contributed by atoms with E-state index in [4.69, 9.17) is 0 Å². The number of imide groups is 2. The minimum atomic E-state index is -0.936. The number of nitro groups is 2. The molecule has 0 saturated carbocycles. The molecular formula is C21H18N6O7. The monoisotopic (exact) mass is 466 g/mol. The van der Waals surface area contributed by atoms with E-state index in [0.717, 1.165) is 5.69 Å². The molecule has 0 aromatic heterocycles. The number of anilines is 2. The maximum absolute atomic E-state index is 12.1. The molecule has 2 saturated heterocycles. The number of hydrogen-bond acceptors (Lipinski definition) is 9. The van der Waals surface area contributed by atoms with Crippen LogP contribution in [-0.2, 0) is 9.59 Å². The van der Waals surface area contributed by atoms with Crippen molar-refractivity contribution in [3.05, 3.63) is 73.8 Å². The highest BCUT2D eigenvalue weighted by atomic mass is 16.6. The zero-order valence-corrected chi connectivity index (χ0v) is 17.6. The summed E-state index contributed by atoms with van der Waals surface area (Å²) < 4.78 is 0. The number of piperazine rings is 1. The number of carbonyl (C=O) groups is 3. The number of barbiturate groups is 1.